The van der Waals surface area contributed by atoms with Gasteiger partial charge < -0.3 is 14.5 Å². The molecule has 0 bridgehead atoms. The first kappa shape index (κ1) is 16.3. The molecule has 1 N–H and O–H groups in total. The number of hydrogen-bond donors (Lipinski definition) is 1. The second kappa shape index (κ2) is 6.93. The molecule has 2 aromatic carbocycles. The Morgan fingerprint density at radius 1 is 1.29 bits per heavy atom. The Bertz CT molecular complexity index is 889. The Hall–Kier alpha value is -2.53. The van der Waals surface area contributed by atoms with Gasteiger partial charge in [0, 0.05) is 5.56 Å². The van der Waals surface area contributed by atoms with E-state index in [0.717, 1.165) is 23.1 Å². The van der Waals surface area contributed by atoms with Gasteiger partial charge in [-0.1, -0.05) is 13.0 Å². The van der Waals surface area contributed by atoms with E-state index in [1.165, 1.54) is 12.7 Å². The maximum atomic E-state index is 11.6. The summed E-state index contributed by atoms with van der Waals surface area (Å²) in [6.45, 7) is 2.09. The van der Waals surface area contributed by atoms with Crippen LogP contribution in [0.4, 0.5) is 5.69 Å². The van der Waals surface area contributed by atoms with E-state index in [0.29, 0.717) is 17.3 Å². The smallest absolute Gasteiger partial charge is 0.239 e. The molecule has 3 rings (SSSR count). The van der Waals surface area contributed by atoms with Crippen molar-refractivity contribution in [3.63, 3.8) is 0 Å². The van der Waals surface area contributed by atoms with Crippen molar-refractivity contribution in [1.82, 2.24) is 4.98 Å². The molecule has 1 aromatic heterocycles. The molecule has 1 amide bonds. The molecule has 0 aliphatic rings. The number of amides is 1. The Kier molecular flexibility index (Phi) is 4.71. The summed E-state index contributed by atoms with van der Waals surface area (Å²) in [4.78, 5) is 16.1. The van der Waals surface area contributed by atoms with Crippen LogP contribution in [-0.4, -0.2) is 23.9 Å². The van der Waals surface area contributed by atoms with E-state index in [2.05, 4.69) is 17.2 Å². The number of nitrogens with zero attached hydrogens (tertiary/aromatic N) is 1. The minimum atomic E-state index is -0.308. The number of hydrogen-bond acceptors (Lipinski definition) is 4. The molecule has 0 saturated carbocycles. The van der Waals surface area contributed by atoms with Crippen LogP contribution >= 0.6 is 11.6 Å². The number of methoxy groups -OCH3 is 1. The Morgan fingerprint density at radius 3 is 2.83 bits per heavy atom. The molecule has 5 nitrogen and oxygen atoms in total. The molecule has 0 spiro atoms. The van der Waals surface area contributed by atoms with E-state index >= 15 is 0 Å². The lowest BCUT2D eigenvalue weighted by molar-refractivity contribution is -0.113. The summed E-state index contributed by atoms with van der Waals surface area (Å²) in [5, 5.41) is 2.71. The lowest BCUT2D eigenvalue weighted by atomic mass is 10.1. The minimum absolute atomic E-state index is 0.129. The van der Waals surface area contributed by atoms with E-state index in [9.17, 15) is 4.79 Å². The van der Waals surface area contributed by atoms with Gasteiger partial charge in [0.15, 0.2) is 5.58 Å². The standard InChI is InChI=1S/C18H17ClN2O3/c1-3-11-4-6-16-13(8-11)21-18(24-16)12-5-7-15(23-2)14(9-12)20-17(22)10-19/h4-9H,3,10H2,1-2H3,(H,20,22). The quantitative estimate of drug-likeness (QED) is 0.703. The highest BCUT2D eigenvalue weighted by Gasteiger charge is 2.13. The number of oxazole rings is 1. The molecule has 0 atom stereocenters. The van der Waals surface area contributed by atoms with Crippen molar-refractivity contribution in [2.75, 3.05) is 18.3 Å². The van der Waals surface area contributed by atoms with Crippen molar-refractivity contribution in [3.05, 3.63) is 42.0 Å². The molecule has 1 heterocycles. The molecule has 0 aliphatic heterocycles. The summed E-state index contributed by atoms with van der Waals surface area (Å²) in [5.41, 5.74) is 4.01. The maximum Gasteiger partial charge on any atom is 0.239 e. The predicted molar refractivity (Wildman–Crippen MR) is 94.7 cm³/mol. The average Bonchev–Trinajstić information content (AvgIpc) is 3.04. The third-order valence-corrected chi connectivity index (χ3v) is 3.94. The summed E-state index contributed by atoms with van der Waals surface area (Å²) in [6, 6.07) is 11.3. The molecular weight excluding hydrogens is 328 g/mol. The van der Waals surface area contributed by atoms with E-state index in [1.807, 2.05) is 24.3 Å². The van der Waals surface area contributed by atoms with E-state index in [1.54, 1.807) is 12.1 Å². The van der Waals surface area contributed by atoms with E-state index < -0.39 is 0 Å². The van der Waals surface area contributed by atoms with Crippen molar-refractivity contribution in [1.29, 1.82) is 0 Å². The number of benzene rings is 2. The number of rotatable bonds is 5. The zero-order valence-corrected chi connectivity index (χ0v) is 14.2. The molecule has 124 valence electrons. The van der Waals surface area contributed by atoms with Crippen LogP contribution in [0.3, 0.4) is 0 Å². The van der Waals surface area contributed by atoms with Crippen LogP contribution in [0.15, 0.2) is 40.8 Å². The Balaban J connectivity index is 2.02. The largest absolute Gasteiger partial charge is 0.495 e. The van der Waals surface area contributed by atoms with Gasteiger partial charge in [-0.2, -0.15) is 0 Å². The van der Waals surface area contributed by atoms with Crippen molar-refractivity contribution >= 4 is 34.3 Å². The first-order chi connectivity index (χ1) is 11.6. The van der Waals surface area contributed by atoms with Gasteiger partial charge in [-0.05, 0) is 42.3 Å². The van der Waals surface area contributed by atoms with E-state index in [-0.39, 0.29) is 11.8 Å². The number of anilines is 1. The monoisotopic (exact) mass is 344 g/mol. The highest BCUT2D eigenvalue weighted by atomic mass is 35.5. The average molecular weight is 345 g/mol. The highest BCUT2D eigenvalue weighted by molar-refractivity contribution is 6.29. The van der Waals surface area contributed by atoms with Crippen molar-refractivity contribution < 1.29 is 13.9 Å². The topological polar surface area (TPSA) is 64.4 Å². The highest BCUT2D eigenvalue weighted by Crippen LogP contribution is 2.32. The Morgan fingerprint density at radius 2 is 2.12 bits per heavy atom. The van der Waals surface area contributed by atoms with Crippen LogP contribution in [0.2, 0.25) is 0 Å². The summed E-state index contributed by atoms with van der Waals surface area (Å²) < 4.78 is 11.1. The molecule has 6 heteroatoms. The second-order valence-corrected chi connectivity index (χ2v) is 5.54. The predicted octanol–water partition coefficient (Wildman–Crippen LogP) is 4.24. The van der Waals surface area contributed by atoms with Crippen LogP contribution in [0, 0.1) is 0 Å². The lowest BCUT2D eigenvalue weighted by Crippen LogP contribution is -2.13. The lowest BCUT2D eigenvalue weighted by Gasteiger charge is -2.10. The van der Waals surface area contributed by atoms with Gasteiger partial charge in [0.1, 0.15) is 17.1 Å². The minimum Gasteiger partial charge on any atom is -0.495 e. The molecule has 0 radical (unpaired) electrons. The maximum absolute atomic E-state index is 11.6. The number of fused-ring (bicyclic) bond motifs is 1. The van der Waals surface area contributed by atoms with Crippen LogP contribution in [0.25, 0.3) is 22.6 Å². The van der Waals surface area contributed by atoms with Gasteiger partial charge in [-0.3, -0.25) is 4.79 Å². The summed E-state index contributed by atoms with van der Waals surface area (Å²) in [7, 11) is 1.54. The third-order valence-electron chi connectivity index (χ3n) is 3.70. The first-order valence-electron chi connectivity index (χ1n) is 7.58. The van der Waals surface area contributed by atoms with Crippen molar-refractivity contribution in [2.45, 2.75) is 13.3 Å². The van der Waals surface area contributed by atoms with Crippen LogP contribution in [-0.2, 0) is 11.2 Å². The molecule has 3 aromatic rings. The second-order valence-electron chi connectivity index (χ2n) is 5.27. The summed E-state index contributed by atoms with van der Waals surface area (Å²) >= 11 is 5.55. The molecular formula is C18H17ClN2O3. The first-order valence-corrected chi connectivity index (χ1v) is 8.11. The number of aromatic nitrogens is 1. The Labute approximate surface area is 144 Å². The SMILES string of the molecule is CCc1ccc2oc(-c3ccc(OC)c(NC(=O)CCl)c3)nc2c1. The number of alkyl halides is 1. The van der Waals surface area contributed by atoms with Gasteiger partial charge in [0.05, 0.1) is 12.8 Å². The van der Waals surface area contributed by atoms with Gasteiger partial charge in [-0.15, -0.1) is 11.6 Å². The molecule has 0 unspecified atom stereocenters. The number of nitrogens with one attached hydrogen (secondary N) is 1. The van der Waals surface area contributed by atoms with Crippen LogP contribution in [0.1, 0.15) is 12.5 Å². The fraction of sp³-hybridized carbons (Fsp3) is 0.222. The van der Waals surface area contributed by atoms with Crippen molar-refractivity contribution in [3.8, 4) is 17.2 Å². The van der Waals surface area contributed by atoms with Gasteiger partial charge >= 0.3 is 0 Å². The van der Waals surface area contributed by atoms with Crippen LogP contribution < -0.4 is 10.1 Å². The number of ether oxygens (including phenoxy) is 1. The fourth-order valence-corrected chi connectivity index (χ4v) is 2.51. The van der Waals surface area contributed by atoms with Crippen LogP contribution in [0.5, 0.6) is 5.75 Å². The number of aryl methyl sites for hydroxylation is 1. The normalized spacial score (nSPS) is 10.8. The zero-order chi connectivity index (χ0) is 17.1. The fourth-order valence-electron chi connectivity index (χ4n) is 2.44. The number of carbonyl (C=O) groups is 1. The number of carbonyl (C=O) groups excluding carboxylic acids is 1. The summed E-state index contributed by atoms with van der Waals surface area (Å²) in [6.07, 6.45) is 0.940. The van der Waals surface area contributed by atoms with Gasteiger partial charge in [0.25, 0.3) is 0 Å². The molecule has 0 fully saturated rings. The zero-order valence-electron chi connectivity index (χ0n) is 13.4. The number of halogens is 1. The summed E-state index contributed by atoms with van der Waals surface area (Å²) in [5.74, 6) is 0.594. The molecule has 24 heavy (non-hydrogen) atoms. The third kappa shape index (κ3) is 3.21. The molecule has 0 saturated heterocycles. The van der Waals surface area contributed by atoms with Crippen molar-refractivity contribution in [2.24, 2.45) is 0 Å². The van der Waals surface area contributed by atoms with Gasteiger partial charge in [-0.25, -0.2) is 4.98 Å². The van der Waals surface area contributed by atoms with E-state index in [4.69, 9.17) is 20.8 Å². The van der Waals surface area contributed by atoms with Gasteiger partial charge in [0.2, 0.25) is 11.8 Å². The molecule has 0 aliphatic carbocycles.